The Bertz CT molecular complexity index is 1020. The zero-order valence-electron chi connectivity index (χ0n) is 14.9. The Labute approximate surface area is 170 Å². The lowest BCUT2D eigenvalue weighted by molar-refractivity contribution is 0.0431. The van der Waals surface area contributed by atoms with Crippen molar-refractivity contribution < 1.29 is 23.5 Å². The Morgan fingerprint density at radius 3 is 2.68 bits per heavy atom. The van der Waals surface area contributed by atoms with Crippen LogP contribution in [0, 0.1) is 0 Å². The van der Waals surface area contributed by atoms with Gasteiger partial charge in [-0.2, -0.15) is 4.98 Å². The SMILES string of the molecule is COc1ccc(-c2noc(COC(=O)c3cc(Cl)cc(Cl)c3N)n2)c(OC)c1. The lowest BCUT2D eigenvalue weighted by atomic mass is 10.2. The van der Waals surface area contributed by atoms with Crippen molar-refractivity contribution >= 4 is 34.9 Å². The van der Waals surface area contributed by atoms with E-state index in [0.717, 1.165) is 0 Å². The van der Waals surface area contributed by atoms with Gasteiger partial charge < -0.3 is 24.5 Å². The molecule has 0 radical (unpaired) electrons. The highest BCUT2D eigenvalue weighted by Gasteiger charge is 2.18. The molecule has 0 aliphatic rings. The summed E-state index contributed by atoms with van der Waals surface area (Å²) in [6, 6.07) is 7.96. The number of esters is 1. The molecule has 28 heavy (non-hydrogen) atoms. The third kappa shape index (κ3) is 4.13. The fourth-order valence-corrected chi connectivity index (χ4v) is 2.86. The molecule has 146 valence electrons. The van der Waals surface area contributed by atoms with Crippen LogP contribution in [0.1, 0.15) is 16.2 Å². The summed E-state index contributed by atoms with van der Waals surface area (Å²) >= 11 is 11.8. The lowest BCUT2D eigenvalue weighted by Gasteiger charge is -2.07. The van der Waals surface area contributed by atoms with Crippen LogP contribution in [0.15, 0.2) is 34.9 Å². The molecule has 3 rings (SSSR count). The van der Waals surface area contributed by atoms with E-state index in [1.807, 2.05) is 0 Å². The number of nitrogens with two attached hydrogens (primary N) is 1. The third-order valence-electron chi connectivity index (χ3n) is 3.76. The third-order valence-corrected chi connectivity index (χ3v) is 4.29. The van der Waals surface area contributed by atoms with Crippen LogP contribution >= 0.6 is 23.2 Å². The molecule has 0 amide bonds. The smallest absolute Gasteiger partial charge is 0.340 e. The molecule has 0 unspecified atom stereocenters. The van der Waals surface area contributed by atoms with Gasteiger partial charge in [-0.1, -0.05) is 28.4 Å². The number of carbonyl (C=O) groups excluding carboxylic acids is 1. The number of hydrogen-bond acceptors (Lipinski definition) is 8. The topological polar surface area (TPSA) is 110 Å². The molecule has 2 aromatic carbocycles. The van der Waals surface area contributed by atoms with Gasteiger partial charge in [0.15, 0.2) is 6.61 Å². The van der Waals surface area contributed by atoms with Crippen molar-refractivity contribution in [2.24, 2.45) is 0 Å². The minimum Gasteiger partial charge on any atom is -0.497 e. The van der Waals surface area contributed by atoms with Crippen molar-refractivity contribution in [2.75, 3.05) is 20.0 Å². The quantitative estimate of drug-likeness (QED) is 0.467. The summed E-state index contributed by atoms with van der Waals surface area (Å²) in [6.07, 6.45) is 0. The van der Waals surface area contributed by atoms with E-state index in [1.54, 1.807) is 25.3 Å². The molecule has 0 aliphatic heterocycles. The highest BCUT2D eigenvalue weighted by Crippen LogP contribution is 2.32. The summed E-state index contributed by atoms with van der Waals surface area (Å²) in [4.78, 5) is 16.5. The maximum Gasteiger partial charge on any atom is 0.340 e. The molecule has 0 spiro atoms. The molecule has 2 N–H and O–H groups in total. The van der Waals surface area contributed by atoms with Gasteiger partial charge in [0, 0.05) is 11.1 Å². The maximum atomic E-state index is 12.2. The maximum absolute atomic E-state index is 12.2. The van der Waals surface area contributed by atoms with E-state index in [2.05, 4.69) is 10.1 Å². The first-order chi connectivity index (χ1) is 13.4. The van der Waals surface area contributed by atoms with E-state index in [4.69, 9.17) is 47.7 Å². The number of aromatic nitrogens is 2. The molecule has 0 aliphatic carbocycles. The second-order valence-corrected chi connectivity index (χ2v) is 6.35. The minimum absolute atomic E-state index is 0.0501. The average Bonchev–Trinajstić information content (AvgIpc) is 3.17. The Balaban J connectivity index is 1.75. The number of benzene rings is 2. The molecule has 0 bridgehead atoms. The molecular formula is C18H15Cl2N3O5. The highest BCUT2D eigenvalue weighted by molar-refractivity contribution is 6.37. The van der Waals surface area contributed by atoms with E-state index in [0.29, 0.717) is 17.1 Å². The first-order valence-electron chi connectivity index (χ1n) is 7.89. The number of hydrogen-bond donors (Lipinski definition) is 1. The van der Waals surface area contributed by atoms with Crippen molar-refractivity contribution in [3.63, 3.8) is 0 Å². The molecular weight excluding hydrogens is 409 g/mol. The molecule has 10 heteroatoms. The van der Waals surface area contributed by atoms with E-state index < -0.39 is 5.97 Å². The molecule has 8 nitrogen and oxygen atoms in total. The van der Waals surface area contributed by atoms with Crippen LogP contribution in [0.25, 0.3) is 11.4 Å². The average molecular weight is 424 g/mol. The standard InChI is InChI=1S/C18H15Cl2N3O5/c1-25-10-3-4-11(14(7-10)26-2)17-22-15(28-23-17)8-27-18(24)12-5-9(19)6-13(20)16(12)21/h3-7H,8,21H2,1-2H3. The minimum atomic E-state index is -0.719. The molecule has 0 atom stereocenters. The number of nitrogen functional groups attached to an aromatic ring is 1. The van der Waals surface area contributed by atoms with Crippen molar-refractivity contribution in [3.8, 4) is 22.9 Å². The van der Waals surface area contributed by atoms with E-state index in [-0.39, 0.29) is 39.6 Å². The van der Waals surface area contributed by atoms with Gasteiger partial charge in [-0.05, 0) is 24.3 Å². The summed E-state index contributed by atoms with van der Waals surface area (Å²) in [5.74, 6) is 0.772. The number of ether oxygens (including phenoxy) is 3. The van der Waals surface area contributed by atoms with Gasteiger partial charge in [0.25, 0.3) is 5.89 Å². The van der Waals surface area contributed by atoms with E-state index in [1.165, 1.54) is 19.2 Å². The summed E-state index contributed by atoms with van der Waals surface area (Å²) < 4.78 is 20.8. The van der Waals surface area contributed by atoms with Gasteiger partial charge in [-0.15, -0.1) is 0 Å². The van der Waals surface area contributed by atoms with Crippen molar-refractivity contribution in [2.45, 2.75) is 6.61 Å². The van der Waals surface area contributed by atoms with Gasteiger partial charge in [0.1, 0.15) is 11.5 Å². The van der Waals surface area contributed by atoms with Gasteiger partial charge in [-0.25, -0.2) is 4.79 Å². The van der Waals surface area contributed by atoms with Crippen molar-refractivity contribution in [1.29, 1.82) is 0 Å². The van der Waals surface area contributed by atoms with E-state index >= 15 is 0 Å². The number of rotatable bonds is 6. The largest absolute Gasteiger partial charge is 0.497 e. The van der Waals surface area contributed by atoms with Crippen LogP contribution in [0.4, 0.5) is 5.69 Å². The number of nitrogens with zero attached hydrogens (tertiary/aromatic N) is 2. The number of methoxy groups -OCH3 is 2. The first kappa shape index (κ1) is 19.8. The second-order valence-electron chi connectivity index (χ2n) is 5.50. The zero-order valence-corrected chi connectivity index (χ0v) is 16.4. The Kier molecular flexibility index (Phi) is 5.91. The van der Waals surface area contributed by atoms with Crippen molar-refractivity contribution in [1.82, 2.24) is 10.1 Å². The summed E-state index contributed by atoms with van der Waals surface area (Å²) in [6.45, 7) is -0.256. The molecule has 1 aromatic heterocycles. The Morgan fingerprint density at radius 2 is 1.96 bits per heavy atom. The van der Waals surface area contributed by atoms with Crippen LogP contribution in [-0.4, -0.2) is 30.3 Å². The summed E-state index contributed by atoms with van der Waals surface area (Å²) in [5.41, 5.74) is 6.51. The molecule has 3 aromatic rings. The van der Waals surface area contributed by atoms with Crippen molar-refractivity contribution in [3.05, 3.63) is 51.8 Å². The predicted octanol–water partition coefficient (Wildman–Crippen LogP) is 4.00. The molecule has 1 heterocycles. The normalized spacial score (nSPS) is 10.6. The van der Waals surface area contributed by atoms with Crippen LogP contribution in [0.2, 0.25) is 10.0 Å². The number of carbonyl (C=O) groups is 1. The molecule has 0 saturated heterocycles. The molecule has 0 fully saturated rings. The number of anilines is 1. The summed E-state index contributed by atoms with van der Waals surface area (Å²) in [5, 5.41) is 4.30. The summed E-state index contributed by atoms with van der Waals surface area (Å²) in [7, 11) is 3.07. The predicted molar refractivity (Wildman–Crippen MR) is 103 cm³/mol. The fourth-order valence-electron chi connectivity index (χ4n) is 2.36. The van der Waals surface area contributed by atoms with Gasteiger partial charge >= 0.3 is 5.97 Å². The Morgan fingerprint density at radius 1 is 1.18 bits per heavy atom. The highest BCUT2D eigenvalue weighted by atomic mass is 35.5. The van der Waals surface area contributed by atoms with Gasteiger partial charge in [-0.3, -0.25) is 0 Å². The fraction of sp³-hybridized carbons (Fsp3) is 0.167. The van der Waals surface area contributed by atoms with Crippen LogP contribution in [0.5, 0.6) is 11.5 Å². The first-order valence-corrected chi connectivity index (χ1v) is 8.65. The zero-order chi connectivity index (χ0) is 20.3. The van der Waals surface area contributed by atoms with Crippen LogP contribution in [-0.2, 0) is 11.3 Å². The number of halogens is 2. The van der Waals surface area contributed by atoms with E-state index in [9.17, 15) is 4.79 Å². The van der Waals surface area contributed by atoms with Crippen LogP contribution < -0.4 is 15.2 Å². The Hall–Kier alpha value is -2.97. The van der Waals surface area contributed by atoms with Gasteiger partial charge in [0.2, 0.25) is 5.82 Å². The molecule has 0 saturated carbocycles. The van der Waals surface area contributed by atoms with Crippen LogP contribution in [0.3, 0.4) is 0 Å². The monoisotopic (exact) mass is 423 g/mol. The second kappa shape index (κ2) is 8.37. The van der Waals surface area contributed by atoms with Gasteiger partial charge in [0.05, 0.1) is 36.1 Å². The lowest BCUT2D eigenvalue weighted by Crippen LogP contribution is -2.09.